The van der Waals surface area contributed by atoms with Crippen LogP contribution in [0.5, 0.6) is 0 Å². The van der Waals surface area contributed by atoms with Gasteiger partial charge in [-0.25, -0.2) is 0 Å². The van der Waals surface area contributed by atoms with E-state index in [4.69, 9.17) is 10.2 Å². The lowest BCUT2D eigenvalue weighted by atomic mass is 9.93. The van der Waals surface area contributed by atoms with Crippen molar-refractivity contribution < 1.29 is 4.42 Å². The number of anilines is 1. The van der Waals surface area contributed by atoms with Gasteiger partial charge in [0.15, 0.2) is 0 Å². The molecular weight excluding hydrogens is 154 g/mol. The van der Waals surface area contributed by atoms with E-state index in [0.29, 0.717) is 6.04 Å². The molecule has 0 spiro atoms. The second-order valence-corrected chi connectivity index (χ2v) is 3.19. The van der Waals surface area contributed by atoms with Crippen LogP contribution in [0.1, 0.15) is 25.0 Å². The minimum absolute atomic E-state index is 0.250. The van der Waals surface area contributed by atoms with Crippen molar-refractivity contribution in [1.29, 1.82) is 0 Å². The second kappa shape index (κ2) is 3.15. The lowest BCUT2D eigenvalue weighted by molar-refractivity contribution is 0.337. The molecule has 1 fully saturated rings. The third-order valence-electron chi connectivity index (χ3n) is 2.25. The molecule has 3 N–H and O–H groups in total. The summed E-state index contributed by atoms with van der Waals surface area (Å²) < 4.78 is 4.88. The molecule has 1 aromatic rings. The van der Waals surface area contributed by atoms with E-state index >= 15 is 0 Å². The number of oxazole rings is 1. The van der Waals surface area contributed by atoms with Crippen LogP contribution < -0.4 is 11.1 Å². The third kappa shape index (κ3) is 1.58. The molecule has 12 heavy (non-hydrogen) atoms. The molecule has 0 unspecified atom stereocenters. The highest BCUT2D eigenvalue weighted by Crippen LogP contribution is 2.18. The lowest BCUT2D eigenvalue weighted by Crippen LogP contribution is -2.34. The van der Waals surface area contributed by atoms with Crippen molar-refractivity contribution in [3.8, 4) is 0 Å². The van der Waals surface area contributed by atoms with Gasteiger partial charge in [0.25, 0.3) is 6.01 Å². The zero-order valence-electron chi connectivity index (χ0n) is 6.92. The van der Waals surface area contributed by atoms with Crippen molar-refractivity contribution in [2.75, 3.05) is 5.73 Å². The summed E-state index contributed by atoms with van der Waals surface area (Å²) in [5.41, 5.74) is 6.21. The Morgan fingerprint density at radius 1 is 1.67 bits per heavy atom. The fourth-order valence-electron chi connectivity index (χ4n) is 1.27. The van der Waals surface area contributed by atoms with Gasteiger partial charge in [-0.3, -0.25) is 0 Å². The molecule has 0 atom stereocenters. The van der Waals surface area contributed by atoms with E-state index in [2.05, 4.69) is 10.3 Å². The molecule has 4 nitrogen and oxygen atoms in total. The van der Waals surface area contributed by atoms with Crippen LogP contribution in [0.4, 0.5) is 6.01 Å². The average Bonchev–Trinajstić information content (AvgIpc) is 2.32. The average molecular weight is 167 g/mol. The van der Waals surface area contributed by atoms with Gasteiger partial charge in [0.05, 0.1) is 5.69 Å². The molecule has 2 rings (SSSR count). The van der Waals surface area contributed by atoms with E-state index in [1.807, 2.05) is 0 Å². The fourth-order valence-corrected chi connectivity index (χ4v) is 1.27. The van der Waals surface area contributed by atoms with Crippen molar-refractivity contribution in [3.63, 3.8) is 0 Å². The standard InChI is InChI=1S/C8H13N3O/c9-8-11-7(5-12-8)4-10-6-2-1-3-6/h5-6,10H,1-4H2,(H2,9,11). The Hall–Kier alpha value is -1.03. The number of nitrogen functional groups attached to an aromatic ring is 1. The third-order valence-corrected chi connectivity index (χ3v) is 2.25. The second-order valence-electron chi connectivity index (χ2n) is 3.19. The number of nitrogens with two attached hydrogens (primary N) is 1. The highest BCUT2D eigenvalue weighted by Gasteiger charge is 2.16. The van der Waals surface area contributed by atoms with Crippen LogP contribution in [-0.2, 0) is 6.54 Å². The van der Waals surface area contributed by atoms with Crippen LogP contribution in [0.25, 0.3) is 0 Å². The molecule has 0 bridgehead atoms. The predicted octanol–water partition coefficient (Wildman–Crippen LogP) is 0.899. The van der Waals surface area contributed by atoms with Gasteiger partial charge in [-0.15, -0.1) is 0 Å². The number of hydrogen-bond acceptors (Lipinski definition) is 4. The van der Waals surface area contributed by atoms with Crippen molar-refractivity contribution in [2.45, 2.75) is 31.8 Å². The van der Waals surface area contributed by atoms with E-state index < -0.39 is 0 Å². The monoisotopic (exact) mass is 167 g/mol. The van der Waals surface area contributed by atoms with Crippen molar-refractivity contribution in [3.05, 3.63) is 12.0 Å². The van der Waals surface area contributed by atoms with E-state index in [1.165, 1.54) is 19.3 Å². The van der Waals surface area contributed by atoms with Crippen molar-refractivity contribution >= 4 is 6.01 Å². The number of aromatic nitrogens is 1. The minimum Gasteiger partial charge on any atom is -0.432 e. The molecule has 0 aromatic carbocycles. The molecule has 1 heterocycles. The van der Waals surface area contributed by atoms with Crippen LogP contribution in [0.15, 0.2) is 10.7 Å². The minimum atomic E-state index is 0.250. The topological polar surface area (TPSA) is 64.1 Å². The number of rotatable bonds is 3. The van der Waals surface area contributed by atoms with Gasteiger partial charge in [0.2, 0.25) is 0 Å². The molecule has 4 heteroatoms. The van der Waals surface area contributed by atoms with Crippen molar-refractivity contribution in [1.82, 2.24) is 10.3 Å². The first kappa shape index (κ1) is 7.61. The zero-order chi connectivity index (χ0) is 8.39. The number of nitrogens with one attached hydrogen (secondary N) is 1. The number of nitrogens with zero attached hydrogens (tertiary/aromatic N) is 1. The summed E-state index contributed by atoms with van der Waals surface area (Å²) in [6.07, 6.45) is 5.51. The number of hydrogen-bond donors (Lipinski definition) is 2. The van der Waals surface area contributed by atoms with E-state index in [9.17, 15) is 0 Å². The molecular formula is C8H13N3O. The predicted molar refractivity (Wildman–Crippen MR) is 45.4 cm³/mol. The Morgan fingerprint density at radius 2 is 2.50 bits per heavy atom. The summed E-state index contributed by atoms with van der Waals surface area (Å²) in [5, 5.41) is 3.37. The van der Waals surface area contributed by atoms with E-state index in [1.54, 1.807) is 6.26 Å². The van der Waals surface area contributed by atoms with Crippen LogP contribution in [0, 0.1) is 0 Å². The van der Waals surface area contributed by atoms with Crippen LogP contribution in [0.3, 0.4) is 0 Å². The summed E-state index contributed by atoms with van der Waals surface area (Å²) in [6, 6.07) is 0.934. The van der Waals surface area contributed by atoms with E-state index in [-0.39, 0.29) is 6.01 Å². The summed E-state index contributed by atoms with van der Waals surface area (Å²) in [5.74, 6) is 0. The van der Waals surface area contributed by atoms with Gasteiger partial charge in [0.1, 0.15) is 6.26 Å². The van der Waals surface area contributed by atoms with Gasteiger partial charge in [-0.2, -0.15) is 4.98 Å². The van der Waals surface area contributed by atoms with Gasteiger partial charge < -0.3 is 15.5 Å². The molecule has 1 aliphatic carbocycles. The normalized spacial score (nSPS) is 17.7. The fraction of sp³-hybridized carbons (Fsp3) is 0.625. The molecule has 66 valence electrons. The summed E-state index contributed by atoms with van der Waals surface area (Å²) in [6.45, 7) is 0.769. The molecule has 0 amide bonds. The van der Waals surface area contributed by atoms with Gasteiger partial charge in [-0.05, 0) is 12.8 Å². The van der Waals surface area contributed by atoms with Gasteiger partial charge >= 0.3 is 0 Å². The smallest absolute Gasteiger partial charge is 0.292 e. The lowest BCUT2D eigenvalue weighted by Gasteiger charge is -2.25. The summed E-state index contributed by atoms with van der Waals surface area (Å²) in [7, 11) is 0. The SMILES string of the molecule is Nc1nc(CNC2CCC2)co1. The van der Waals surface area contributed by atoms with Crippen LogP contribution in [-0.4, -0.2) is 11.0 Å². The Labute approximate surface area is 71.2 Å². The first-order valence-electron chi connectivity index (χ1n) is 4.28. The Balaban J connectivity index is 1.79. The first-order valence-corrected chi connectivity index (χ1v) is 4.28. The Morgan fingerprint density at radius 3 is 3.00 bits per heavy atom. The Kier molecular flexibility index (Phi) is 1.99. The maximum absolute atomic E-state index is 5.33. The maximum Gasteiger partial charge on any atom is 0.292 e. The largest absolute Gasteiger partial charge is 0.432 e. The quantitative estimate of drug-likeness (QED) is 0.702. The molecule has 1 aliphatic rings. The van der Waals surface area contributed by atoms with Gasteiger partial charge in [-0.1, -0.05) is 6.42 Å². The van der Waals surface area contributed by atoms with Crippen LogP contribution in [0.2, 0.25) is 0 Å². The molecule has 0 radical (unpaired) electrons. The molecule has 0 aliphatic heterocycles. The maximum atomic E-state index is 5.33. The zero-order valence-corrected chi connectivity index (χ0v) is 6.92. The summed E-state index contributed by atoms with van der Waals surface area (Å²) in [4.78, 5) is 3.99. The highest BCUT2D eigenvalue weighted by atomic mass is 16.4. The first-order chi connectivity index (χ1) is 5.84. The van der Waals surface area contributed by atoms with Crippen LogP contribution >= 0.6 is 0 Å². The Bertz CT molecular complexity index is 255. The molecule has 0 saturated heterocycles. The van der Waals surface area contributed by atoms with E-state index in [0.717, 1.165) is 12.2 Å². The molecule has 1 aromatic heterocycles. The molecule has 1 saturated carbocycles. The highest BCUT2D eigenvalue weighted by molar-refractivity contribution is 5.12. The van der Waals surface area contributed by atoms with Crippen molar-refractivity contribution in [2.24, 2.45) is 0 Å². The van der Waals surface area contributed by atoms with Gasteiger partial charge in [0, 0.05) is 12.6 Å². The summed E-state index contributed by atoms with van der Waals surface area (Å²) >= 11 is 0.